The average Bonchev–Trinajstić information content (AvgIpc) is 2.89. The summed E-state index contributed by atoms with van der Waals surface area (Å²) >= 11 is 8.27. The van der Waals surface area contributed by atoms with Crippen LogP contribution in [0.4, 0.5) is 4.39 Å². The molecule has 0 bridgehead atoms. The Bertz CT molecular complexity index is 1230. The molecule has 198 valence electrons. The second-order valence-electron chi connectivity index (χ2n) is 9.94. The van der Waals surface area contributed by atoms with Gasteiger partial charge in [-0.2, -0.15) is 0 Å². The van der Waals surface area contributed by atoms with Gasteiger partial charge in [0.05, 0.1) is 24.1 Å². The number of ether oxygens (including phenoxy) is 1. The molecule has 1 unspecified atom stereocenters. The van der Waals surface area contributed by atoms with Gasteiger partial charge in [0.2, 0.25) is 0 Å². The fourth-order valence-electron chi connectivity index (χ4n) is 5.28. The molecule has 2 heterocycles. The summed E-state index contributed by atoms with van der Waals surface area (Å²) in [6, 6.07) is 13.7. The lowest BCUT2D eigenvalue weighted by atomic mass is 9.71. The number of thioether (sulfide) groups is 1. The number of hydrogen-bond donors (Lipinski definition) is 1. The Morgan fingerprint density at radius 1 is 1.27 bits per heavy atom. The minimum absolute atomic E-state index is 0.0597. The number of alkyl halides is 1. The van der Waals surface area contributed by atoms with E-state index in [4.69, 9.17) is 16.3 Å². The third kappa shape index (κ3) is 6.95. The normalized spacial score (nSPS) is 16.5. The molecule has 8 heteroatoms. The summed E-state index contributed by atoms with van der Waals surface area (Å²) in [5.41, 5.74) is 1.93. The first-order valence-electron chi connectivity index (χ1n) is 12.7. The quantitative estimate of drug-likeness (QED) is 0.255. The van der Waals surface area contributed by atoms with Crippen molar-refractivity contribution < 1.29 is 19.0 Å². The SMILES string of the molecule is COc1ccc2ncc(Cl)c(C(F)CCC3(CC(=O)O)CCN(CCSc4ccccc4C)CC3)c2c1. The molecule has 1 aliphatic heterocycles. The van der Waals surface area contributed by atoms with Gasteiger partial charge in [0.15, 0.2) is 0 Å². The van der Waals surface area contributed by atoms with Gasteiger partial charge in [0, 0.05) is 34.3 Å². The number of likely N-dealkylation sites (tertiary alicyclic amines) is 1. The minimum atomic E-state index is -1.32. The number of fused-ring (bicyclic) bond motifs is 1. The summed E-state index contributed by atoms with van der Waals surface area (Å²) < 4.78 is 21.1. The molecule has 0 aliphatic carbocycles. The summed E-state index contributed by atoms with van der Waals surface area (Å²) in [6.45, 7) is 4.73. The smallest absolute Gasteiger partial charge is 0.303 e. The number of nitrogens with zero attached hydrogens (tertiary/aromatic N) is 2. The lowest BCUT2D eigenvalue weighted by Gasteiger charge is -2.41. The maximum atomic E-state index is 15.7. The van der Waals surface area contributed by atoms with Crippen LogP contribution >= 0.6 is 23.4 Å². The number of hydrogen-bond acceptors (Lipinski definition) is 5. The van der Waals surface area contributed by atoms with Crippen molar-refractivity contribution >= 4 is 40.2 Å². The zero-order valence-electron chi connectivity index (χ0n) is 21.4. The van der Waals surface area contributed by atoms with Gasteiger partial charge in [-0.05, 0) is 80.9 Å². The number of methoxy groups -OCH3 is 1. The first-order valence-corrected chi connectivity index (χ1v) is 14.1. The minimum Gasteiger partial charge on any atom is -0.497 e. The summed E-state index contributed by atoms with van der Waals surface area (Å²) in [5.74, 6) is 0.775. The molecule has 37 heavy (non-hydrogen) atoms. The molecule has 4 rings (SSSR count). The predicted molar refractivity (Wildman–Crippen MR) is 149 cm³/mol. The van der Waals surface area contributed by atoms with Crippen LogP contribution in [0.1, 0.15) is 49.4 Å². The molecule has 0 spiro atoms. The number of aromatic nitrogens is 1. The zero-order valence-corrected chi connectivity index (χ0v) is 23.0. The molecule has 1 fully saturated rings. The van der Waals surface area contributed by atoms with E-state index in [2.05, 4.69) is 41.1 Å². The molecule has 0 radical (unpaired) electrons. The van der Waals surface area contributed by atoms with E-state index in [-0.39, 0.29) is 17.9 Å². The lowest BCUT2D eigenvalue weighted by molar-refractivity contribution is -0.141. The van der Waals surface area contributed by atoms with Gasteiger partial charge in [-0.1, -0.05) is 29.8 Å². The van der Waals surface area contributed by atoms with Crippen LogP contribution in [0, 0.1) is 12.3 Å². The fourth-order valence-corrected chi connectivity index (χ4v) is 6.59. The topological polar surface area (TPSA) is 62.7 Å². The highest BCUT2D eigenvalue weighted by atomic mass is 35.5. The van der Waals surface area contributed by atoms with Gasteiger partial charge >= 0.3 is 5.97 Å². The number of carboxylic acids is 1. The van der Waals surface area contributed by atoms with Crippen molar-refractivity contribution in [3.63, 3.8) is 0 Å². The summed E-state index contributed by atoms with van der Waals surface area (Å²) in [6.07, 6.45) is 2.44. The van der Waals surface area contributed by atoms with Crippen molar-refractivity contribution in [3.05, 3.63) is 64.8 Å². The molecule has 1 N–H and O–H groups in total. The van der Waals surface area contributed by atoms with Crippen LogP contribution < -0.4 is 4.74 Å². The Balaban J connectivity index is 1.39. The zero-order chi connectivity index (χ0) is 26.4. The molecular weight excluding hydrogens is 511 g/mol. The third-order valence-electron chi connectivity index (χ3n) is 7.51. The van der Waals surface area contributed by atoms with Crippen LogP contribution in [-0.2, 0) is 4.79 Å². The highest BCUT2D eigenvalue weighted by Gasteiger charge is 2.37. The van der Waals surface area contributed by atoms with Crippen molar-refractivity contribution in [2.45, 2.75) is 50.1 Å². The Morgan fingerprint density at radius 2 is 2.03 bits per heavy atom. The molecule has 3 aromatic rings. The molecule has 2 aromatic carbocycles. The molecule has 5 nitrogen and oxygen atoms in total. The van der Waals surface area contributed by atoms with E-state index in [0.29, 0.717) is 28.6 Å². The summed E-state index contributed by atoms with van der Waals surface area (Å²) in [7, 11) is 1.56. The van der Waals surface area contributed by atoms with Gasteiger partial charge in [-0.15, -0.1) is 11.8 Å². The van der Waals surface area contributed by atoms with Crippen molar-refractivity contribution in [1.82, 2.24) is 9.88 Å². The lowest BCUT2D eigenvalue weighted by Crippen LogP contribution is -2.42. The Labute approximate surface area is 227 Å². The Morgan fingerprint density at radius 3 is 2.73 bits per heavy atom. The van der Waals surface area contributed by atoms with Gasteiger partial charge < -0.3 is 14.7 Å². The first-order chi connectivity index (χ1) is 17.8. The van der Waals surface area contributed by atoms with E-state index in [1.807, 2.05) is 11.8 Å². The molecular formula is C29H34ClFN2O3S. The molecule has 1 aliphatic rings. The van der Waals surface area contributed by atoms with Crippen molar-refractivity contribution in [2.24, 2.45) is 5.41 Å². The number of rotatable bonds is 11. The number of aryl methyl sites for hydroxylation is 1. The number of carboxylic acid groups (broad SMARTS) is 1. The Hall–Kier alpha value is -2.35. The molecule has 0 saturated carbocycles. The van der Waals surface area contributed by atoms with Crippen molar-refractivity contribution in [1.29, 1.82) is 0 Å². The third-order valence-corrected chi connectivity index (χ3v) is 8.97. The second-order valence-corrected chi connectivity index (χ2v) is 11.5. The largest absolute Gasteiger partial charge is 0.497 e. The van der Waals surface area contributed by atoms with Crippen LogP contribution in [0.5, 0.6) is 5.75 Å². The average molecular weight is 545 g/mol. The van der Waals surface area contributed by atoms with Gasteiger partial charge in [-0.25, -0.2) is 4.39 Å². The summed E-state index contributed by atoms with van der Waals surface area (Å²) in [4.78, 5) is 19.8. The van der Waals surface area contributed by atoms with Crippen molar-refractivity contribution in [3.8, 4) is 5.75 Å². The van der Waals surface area contributed by atoms with E-state index in [0.717, 1.165) is 38.2 Å². The number of benzene rings is 2. The van der Waals surface area contributed by atoms with Gasteiger partial charge in [-0.3, -0.25) is 9.78 Å². The number of pyridine rings is 1. The number of carbonyl (C=O) groups is 1. The van der Waals surface area contributed by atoms with E-state index in [1.54, 1.807) is 25.3 Å². The Kier molecular flexibility index (Phi) is 9.32. The van der Waals surface area contributed by atoms with Gasteiger partial charge in [0.25, 0.3) is 0 Å². The second kappa shape index (κ2) is 12.5. The predicted octanol–water partition coefficient (Wildman–Crippen LogP) is 7.35. The fraction of sp³-hybridized carbons (Fsp3) is 0.448. The monoisotopic (exact) mass is 544 g/mol. The highest BCUT2D eigenvalue weighted by molar-refractivity contribution is 7.99. The molecule has 1 saturated heterocycles. The van der Waals surface area contributed by atoms with Crippen LogP contribution in [-0.4, -0.2) is 53.5 Å². The standard InChI is InChI=1S/C29H34ClFN2O3S/c1-20-5-3-4-6-26(20)37-16-15-33-13-11-29(12-14-33,18-27(34)35)10-9-24(31)28-22-17-21(36-2)7-8-25(22)32-19-23(28)30/h3-8,17,19,24H,9-16,18H2,1-2H3,(H,34,35). The van der Waals surface area contributed by atoms with E-state index < -0.39 is 17.6 Å². The number of halogens is 2. The van der Waals surface area contributed by atoms with E-state index in [9.17, 15) is 9.90 Å². The first kappa shape index (κ1) is 27.7. The maximum absolute atomic E-state index is 15.7. The van der Waals surface area contributed by atoms with Crippen molar-refractivity contribution in [2.75, 3.05) is 32.5 Å². The van der Waals surface area contributed by atoms with Crippen LogP contribution in [0.15, 0.2) is 53.6 Å². The van der Waals surface area contributed by atoms with E-state index >= 15 is 4.39 Å². The van der Waals surface area contributed by atoms with Gasteiger partial charge in [0.1, 0.15) is 11.9 Å². The number of piperidine rings is 1. The number of aliphatic carboxylic acids is 1. The highest BCUT2D eigenvalue weighted by Crippen LogP contribution is 2.44. The van der Waals surface area contributed by atoms with E-state index in [1.165, 1.54) is 16.7 Å². The van der Waals surface area contributed by atoms with Crippen LogP contribution in [0.2, 0.25) is 5.02 Å². The molecule has 1 aromatic heterocycles. The van der Waals surface area contributed by atoms with Crippen LogP contribution in [0.3, 0.4) is 0 Å². The maximum Gasteiger partial charge on any atom is 0.303 e. The summed E-state index contributed by atoms with van der Waals surface area (Å²) in [5, 5.41) is 10.6. The molecule has 0 amide bonds. The molecule has 1 atom stereocenters. The van der Waals surface area contributed by atoms with Crippen LogP contribution in [0.25, 0.3) is 10.9 Å².